The second kappa shape index (κ2) is 8.28. The second-order valence-electron chi connectivity index (χ2n) is 6.44. The first-order valence-electron chi connectivity index (χ1n) is 9.00. The lowest BCUT2D eigenvalue weighted by molar-refractivity contribution is -0.133. The molecule has 4 aromatic rings. The van der Waals surface area contributed by atoms with Crippen molar-refractivity contribution in [3.8, 4) is 10.6 Å². The summed E-state index contributed by atoms with van der Waals surface area (Å²) < 4.78 is 11.6. The monoisotopic (exact) mass is 406 g/mol. The predicted molar refractivity (Wildman–Crippen MR) is 111 cm³/mol. The Morgan fingerprint density at radius 3 is 2.66 bits per heavy atom. The zero-order valence-corrected chi connectivity index (χ0v) is 16.5. The smallest absolute Gasteiger partial charge is 0.339 e. The summed E-state index contributed by atoms with van der Waals surface area (Å²) in [6, 6.07) is 18.5. The fraction of sp³-hybridized carbons (Fsp3) is 0.136. The number of thiazole rings is 1. The van der Waals surface area contributed by atoms with Crippen molar-refractivity contribution in [1.82, 2.24) is 9.88 Å². The van der Waals surface area contributed by atoms with Gasteiger partial charge in [0, 0.05) is 12.6 Å². The third kappa shape index (κ3) is 4.20. The Labute approximate surface area is 171 Å². The van der Waals surface area contributed by atoms with Crippen LogP contribution in [0.5, 0.6) is 0 Å². The van der Waals surface area contributed by atoms with E-state index in [-0.39, 0.29) is 12.5 Å². The molecule has 0 radical (unpaired) electrons. The molecule has 0 fully saturated rings. The molecule has 1 amide bonds. The van der Waals surface area contributed by atoms with Crippen molar-refractivity contribution >= 4 is 33.4 Å². The van der Waals surface area contributed by atoms with Crippen molar-refractivity contribution in [3.63, 3.8) is 0 Å². The summed E-state index contributed by atoms with van der Waals surface area (Å²) >= 11 is 1.51. The van der Waals surface area contributed by atoms with Gasteiger partial charge in [0.2, 0.25) is 0 Å². The number of para-hydroxylation sites is 1. The zero-order chi connectivity index (χ0) is 20.2. The van der Waals surface area contributed by atoms with Gasteiger partial charge in [-0.25, -0.2) is 9.78 Å². The molecule has 2 aromatic carbocycles. The second-order valence-corrected chi connectivity index (χ2v) is 7.47. The van der Waals surface area contributed by atoms with Crippen LogP contribution in [-0.2, 0) is 16.1 Å². The number of carbonyl (C=O) groups excluding carboxylic acids is 2. The highest BCUT2D eigenvalue weighted by molar-refractivity contribution is 7.21. The highest BCUT2D eigenvalue weighted by atomic mass is 32.1. The average Bonchev–Trinajstić information content (AvgIpc) is 3.41. The number of amides is 1. The number of nitrogens with zero attached hydrogens (tertiary/aromatic N) is 2. The Bertz CT molecular complexity index is 1120. The van der Waals surface area contributed by atoms with E-state index in [2.05, 4.69) is 4.98 Å². The van der Waals surface area contributed by atoms with Gasteiger partial charge in [0.05, 0.1) is 28.6 Å². The van der Waals surface area contributed by atoms with Gasteiger partial charge in [0.15, 0.2) is 6.61 Å². The van der Waals surface area contributed by atoms with E-state index in [1.54, 1.807) is 37.6 Å². The number of hydrogen-bond donors (Lipinski definition) is 0. The van der Waals surface area contributed by atoms with Crippen LogP contribution in [-0.4, -0.2) is 35.4 Å². The minimum atomic E-state index is -0.556. The molecule has 7 heteroatoms. The van der Waals surface area contributed by atoms with E-state index in [0.717, 1.165) is 15.2 Å². The van der Waals surface area contributed by atoms with Crippen LogP contribution in [0.25, 0.3) is 20.8 Å². The van der Waals surface area contributed by atoms with Crippen LogP contribution in [0, 0.1) is 0 Å². The summed E-state index contributed by atoms with van der Waals surface area (Å²) in [6.45, 7) is -0.0318. The van der Waals surface area contributed by atoms with E-state index in [4.69, 9.17) is 9.15 Å². The van der Waals surface area contributed by atoms with E-state index in [1.807, 2.05) is 36.4 Å². The number of likely N-dealkylation sites (N-methyl/N-ethyl adjacent to an activating group) is 1. The molecule has 0 spiro atoms. The summed E-state index contributed by atoms with van der Waals surface area (Å²) in [5, 5.41) is 0.736. The highest BCUT2D eigenvalue weighted by Gasteiger charge is 2.19. The first-order chi connectivity index (χ1) is 14.1. The molecule has 0 bridgehead atoms. The van der Waals surface area contributed by atoms with Crippen LogP contribution in [0.15, 0.2) is 71.3 Å². The Morgan fingerprint density at radius 1 is 1.07 bits per heavy atom. The zero-order valence-electron chi connectivity index (χ0n) is 15.7. The van der Waals surface area contributed by atoms with Crippen molar-refractivity contribution in [2.75, 3.05) is 13.7 Å². The van der Waals surface area contributed by atoms with Crippen molar-refractivity contribution in [2.24, 2.45) is 0 Å². The number of ether oxygens (including phenoxy) is 1. The third-order valence-electron chi connectivity index (χ3n) is 4.40. The van der Waals surface area contributed by atoms with Gasteiger partial charge in [-0.1, -0.05) is 30.3 Å². The molecular formula is C22H18N2O4S. The molecular weight excluding hydrogens is 388 g/mol. The summed E-state index contributed by atoms with van der Waals surface area (Å²) in [4.78, 5) is 31.0. The van der Waals surface area contributed by atoms with Gasteiger partial charge in [-0.15, -0.1) is 11.3 Å². The molecule has 6 nitrogen and oxygen atoms in total. The molecule has 146 valence electrons. The number of esters is 1. The lowest BCUT2D eigenvalue weighted by Crippen LogP contribution is -2.30. The number of carbonyl (C=O) groups is 2. The van der Waals surface area contributed by atoms with Crippen molar-refractivity contribution in [3.05, 3.63) is 78.3 Å². The molecule has 0 unspecified atom stereocenters. The molecule has 0 saturated carbocycles. The molecule has 0 aliphatic carbocycles. The standard InChI is InChI=1S/C22H18N2O4S/c1-24(13-15-7-6-12-27-15)20(25)14-28-22(26)17-9-3-2-8-16(17)21-23-18-10-4-5-11-19(18)29-21/h2-12H,13-14H2,1H3. The SMILES string of the molecule is CN(Cc1ccco1)C(=O)COC(=O)c1ccccc1-c1nc2ccccc2s1. The molecule has 0 N–H and O–H groups in total. The molecule has 0 saturated heterocycles. The van der Waals surface area contributed by atoms with Crippen molar-refractivity contribution in [1.29, 1.82) is 0 Å². The summed E-state index contributed by atoms with van der Waals surface area (Å²) in [5.74, 6) is -0.208. The van der Waals surface area contributed by atoms with E-state index in [9.17, 15) is 9.59 Å². The Balaban J connectivity index is 1.47. The van der Waals surface area contributed by atoms with Gasteiger partial charge >= 0.3 is 5.97 Å². The van der Waals surface area contributed by atoms with Gasteiger partial charge in [-0.3, -0.25) is 4.79 Å². The fourth-order valence-electron chi connectivity index (χ4n) is 2.87. The van der Waals surface area contributed by atoms with Gasteiger partial charge in [-0.05, 0) is 30.3 Å². The molecule has 0 atom stereocenters. The van der Waals surface area contributed by atoms with E-state index >= 15 is 0 Å². The molecule has 2 aromatic heterocycles. The number of aromatic nitrogens is 1. The van der Waals surface area contributed by atoms with Crippen LogP contribution in [0.1, 0.15) is 16.1 Å². The lowest BCUT2D eigenvalue weighted by Gasteiger charge is -2.16. The molecule has 0 aliphatic rings. The Morgan fingerprint density at radius 2 is 1.86 bits per heavy atom. The quantitative estimate of drug-likeness (QED) is 0.445. The maximum Gasteiger partial charge on any atom is 0.339 e. The van der Waals surface area contributed by atoms with E-state index in [0.29, 0.717) is 23.4 Å². The number of furan rings is 1. The van der Waals surface area contributed by atoms with Crippen molar-refractivity contribution in [2.45, 2.75) is 6.54 Å². The number of fused-ring (bicyclic) bond motifs is 1. The molecule has 0 aliphatic heterocycles. The molecule has 29 heavy (non-hydrogen) atoms. The predicted octanol–water partition coefficient (Wildman–Crippen LogP) is 4.37. The Kier molecular flexibility index (Phi) is 5.39. The lowest BCUT2D eigenvalue weighted by atomic mass is 10.1. The third-order valence-corrected chi connectivity index (χ3v) is 5.47. The minimum absolute atomic E-state index is 0.311. The topological polar surface area (TPSA) is 72.6 Å². The Hall–Kier alpha value is -3.45. The molecule has 2 heterocycles. The van der Waals surface area contributed by atoms with Crippen LogP contribution in [0.2, 0.25) is 0 Å². The first kappa shape index (κ1) is 18.9. The average molecular weight is 406 g/mol. The van der Waals surface area contributed by atoms with Crippen LogP contribution in [0.3, 0.4) is 0 Å². The largest absolute Gasteiger partial charge is 0.467 e. The minimum Gasteiger partial charge on any atom is -0.467 e. The van der Waals surface area contributed by atoms with Gasteiger partial charge < -0.3 is 14.1 Å². The van der Waals surface area contributed by atoms with E-state index in [1.165, 1.54) is 16.2 Å². The summed E-state index contributed by atoms with van der Waals surface area (Å²) in [5.41, 5.74) is 1.95. The fourth-order valence-corrected chi connectivity index (χ4v) is 3.88. The maximum atomic E-state index is 12.7. The number of rotatable bonds is 6. The number of benzene rings is 2. The van der Waals surface area contributed by atoms with Crippen molar-refractivity contribution < 1.29 is 18.7 Å². The van der Waals surface area contributed by atoms with Crippen LogP contribution >= 0.6 is 11.3 Å². The van der Waals surface area contributed by atoms with E-state index < -0.39 is 5.97 Å². The molecule has 4 rings (SSSR count). The summed E-state index contributed by atoms with van der Waals surface area (Å²) in [6.07, 6.45) is 1.55. The number of hydrogen-bond acceptors (Lipinski definition) is 6. The van der Waals surface area contributed by atoms with Gasteiger partial charge in [0.25, 0.3) is 5.91 Å². The van der Waals surface area contributed by atoms with Gasteiger partial charge in [0.1, 0.15) is 10.8 Å². The van der Waals surface area contributed by atoms with Crippen LogP contribution in [0.4, 0.5) is 0 Å². The normalized spacial score (nSPS) is 10.8. The van der Waals surface area contributed by atoms with Crippen LogP contribution < -0.4 is 0 Å². The maximum absolute atomic E-state index is 12.7. The first-order valence-corrected chi connectivity index (χ1v) is 9.82. The summed E-state index contributed by atoms with van der Waals surface area (Å²) in [7, 11) is 1.63. The van der Waals surface area contributed by atoms with Gasteiger partial charge in [-0.2, -0.15) is 0 Å². The highest BCUT2D eigenvalue weighted by Crippen LogP contribution is 2.32.